The lowest BCUT2D eigenvalue weighted by atomic mass is 10.8. The summed E-state index contributed by atoms with van der Waals surface area (Å²) >= 11 is 0. The quantitative estimate of drug-likeness (QED) is 0.393. The van der Waals surface area contributed by atoms with Gasteiger partial charge in [0, 0.05) is 14.2 Å². The summed E-state index contributed by atoms with van der Waals surface area (Å²) in [5.74, 6) is 0. The maximum Gasteiger partial charge on any atom is 0.767 e. The van der Waals surface area contributed by atoms with Gasteiger partial charge in [0.1, 0.15) is 0 Å². The first-order chi connectivity index (χ1) is 5.81. The first kappa shape index (κ1) is 11.5. The zero-order valence-electron chi connectivity index (χ0n) is 7.37. The predicted octanol–water partition coefficient (Wildman–Crippen LogP) is -0.272. The van der Waals surface area contributed by atoms with E-state index >= 15 is 0 Å². The van der Waals surface area contributed by atoms with Crippen LogP contribution in [0.5, 0.6) is 0 Å². The fourth-order valence-electron chi connectivity index (χ4n) is 0.458. The predicted molar refractivity (Wildman–Crippen MR) is 42.1 cm³/mol. The second kappa shape index (κ2) is 8.63. The van der Waals surface area contributed by atoms with Crippen molar-refractivity contribution in [2.75, 3.05) is 40.6 Å². The van der Waals surface area contributed by atoms with E-state index in [2.05, 4.69) is 0 Å². The highest BCUT2D eigenvalue weighted by molar-refractivity contribution is 6.26. The van der Waals surface area contributed by atoms with E-state index in [1.807, 2.05) is 0 Å². The molecule has 5 nitrogen and oxygen atoms in total. The van der Waals surface area contributed by atoms with Crippen LogP contribution in [0.2, 0.25) is 0 Å². The molecule has 0 amide bonds. The van der Waals surface area contributed by atoms with Crippen LogP contribution in [0, 0.1) is 0 Å². The van der Waals surface area contributed by atoms with Crippen LogP contribution in [-0.2, 0) is 22.8 Å². The highest BCUT2D eigenvalue weighted by Crippen LogP contribution is 1.81. The average molecular weight is 194 g/mol. The molecule has 0 unspecified atom stereocenters. The third-order valence-electron chi connectivity index (χ3n) is 1.01. The van der Waals surface area contributed by atoms with E-state index in [1.165, 1.54) is 0 Å². The van der Waals surface area contributed by atoms with Crippen LogP contribution in [0.15, 0.2) is 0 Å². The van der Waals surface area contributed by atoms with Gasteiger partial charge in [-0.15, -0.1) is 0 Å². The van der Waals surface area contributed by atoms with Gasteiger partial charge in [-0.3, -0.25) is 4.46 Å². The van der Waals surface area contributed by atoms with Crippen molar-refractivity contribution < 1.29 is 22.8 Å². The minimum Gasteiger partial charge on any atom is -0.494 e. The second-order valence-corrected chi connectivity index (χ2v) is 3.01. The highest BCUT2D eigenvalue weighted by Gasteiger charge is 2.09. The number of rotatable bonds is 8. The van der Waals surface area contributed by atoms with E-state index in [9.17, 15) is 4.46 Å². The van der Waals surface area contributed by atoms with Crippen molar-refractivity contribution in [1.29, 1.82) is 0 Å². The molecule has 0 saturated heterocycles. The Morgan fingerprint density at radius 3 is 1.67 bits per heavy atom. The maximum atomic E-state index is 10.8. The zero-order chi connectivity index (χ0) is 9.23. The number of methoxy groups -OCH3 is 2. The normalized spacial score (nSPS) is 9.50. The van der Waals surface area contributed by atoms with Gasteiger partial charge in [0.05, 0.1) is 26.4 Å². The van der Waals surface area contributed by atoms with Crippen LogP contribution in [0.1, 0.15) is 0 Å². The summed E-state index contributed by atoms with van der Waals surface area (Å²) in [6.45, 7) is 1.43. The summed E-state index contributed by atoms with van der Waals surface area (Å²) in [5.41, 5.74) is 0. The fourth-order valence-corrected chi connectivity index (χ4v) is 1.04. The van der Waals surface area contributed by atoms with Crippen LogP contribution in [0.4, 0.5) is 0 Å². The molecular formula is C6H14O5Si. The van der Waals surface area contributed by atoms with Gasteiger partial charge in [0.25, 0.3) is 0 Å². The Kier molecular flexibility index (Phi) is 8.30. The van der Waals surface area contributed by atoms with Gasteiger partial charge >= 0.3 is 9.17 Å². The highest BCUT2D eigenvalue weighted by atomic mass is 28.3. The molecule has 6 heteroatoms. The Morgan fingerprint density at radius 1 is 0.917 bits per heavy atom. The van der Waals surface area contributed by atoms with Crippen molar-refractivity contribution in [3.05, 3.63) is 0 Å². The Hall–Kier alpha value is -0.463. The zero-order valence-corrected chi connectivity index (χ0v) is 8.37. The monoisotopic (exact) mass is 194 g/mol. The molecule has 0 fully saturated rings. The Morgan fingerprint density at radius 2 is 1.33 bits per heavy atom. The molecule has 0 radical (unpaired) electrons. The van der Waals surface area contributed by atoms with Crippen molar-refractivity contribution in [2.45, 2.75) is 0 Å². The molecule has 0 aromatic heterocycles. The van der Waals surface area contributed by atoms with E-state index in [1.54, 1.807) is 14.2 Å². The Labute approximate surface area is 73.5 Å². The molecule has 0 aromatic rings. The molecule has 0 heterocycles. The summed E-state index contributed by atoms with van der Waals surface area (Å²) in [7, 11) is 0.751. The van der Waals surface area contributed by atoms with Gasteiger partial charge in [0.2, 0.25) is 0 Å². The number of ether oxygens (including phenoxy) is 2. The lowest BCUT2D eigenvalue weighted by Gasteiger charge is -2.03. The molecule has 0 rings (SSSR count). The first-order valence-electron chi connectivity index (χ1n) is 3.58. The van der Waals surface area contributed by atoms with Crippen LogP contribution in [0.3, 0.4) is 0 Å². The summed E-state index contributed by atoms with van der Waals surface area (Å²) in [5, 5.41) is 0. The molecule has 72 valence electrons. The molecule has 0 atom stereocenters. The molecule has 0 N–H and O–H groups in total. The largest absolute Gasteiger partial charge is 0.767 e. The lowest BCUT2D eigenvalue weighted by molar-refractivity contribution is 0.0892. The molecule has 0 bridgehead atoms. The smallest absolute Gasteiger partial charge is 0.494 e. The van der Waals surface area contributed by atoms with Crippen LogP contribution >= 0.6 is 0 Å². The van der Waals surface area contributed by atoms with Gasteiger partial charge in [0.15, 0.2) is 0 Å². The first-order valence-corrected chi connectivity index (χ1v) is 4.81. The fraction of sp³-hybridized carbons (Fsp3) is 1.00. The third kappa shape index (κ3) is 7.64. The summed E-state index contributed by atoms with van der Waals surface area (Å²) < 4.78 is 29.7. The van der Waals surface area contributed by atoms with E-state index < -0.39 is 9.17 Å². The van der Waals surface area contributed by atoms with Gasteiger partial charge in [-0.1, -0.05) is 0 Å². The Balaban J connectivity index is 3.10. The average Bonchev–Trinajstić information content (AvgIpc) is 2.06. The minimum absolute atomic E-state index is 0.293. The molecule has 0 aliphatic heterocycles. The van der Waals surface area contributed by atoms with E-state index in [0.717, 1.165) is 0 Å². The molecule has 0 spiro atoms. The van der Waals surface area contributed by atoms with Crippen molar-refractivity contribution in [1.82, 2.24) is 0 Å². The summed E-state index contributed by atoms with van der Waals surface area (Å²) in [4.78, 5) is 0. The molecule has 0 aliphatic carbocycles. The molecule has 0 saturated carbocycles. The van der Waals surface area contributed by atoms with Crippen LogP contribution in [-0.4, -0.2) is 49.8 Å². The van der Waals surface area contributed by atoms with Gasteiger partial charge in [-0.2, -0.15) is 0 Å². The molecular weight excluding hydrogens is 180 g/mol. The number of hydrogen-bond donors (Lipinski definition) is 0. The SMILES string of the molecule is COCCO[Si](=O)OCCOC. The number of hydrogen-bond acceptors (Lipinski definition) is 5. The van der Waals surface area contributed by atoms with Crippen molar-refractivity contribution in [3.63, 3.8) is 0 Å². The van der Waals surface area contributed by atoms with Crippen LogP contribution in [0.25, 0.3) is 0 Å². The van der Waals surface area contributed by atoms with Gasteiger partial charge < -0.3 is 18.3 Å². The molecule has 12 heavy (non-hydrogen) atoms. The van der Waals surface area contributed by atoms with Gasteiger partial charge in [-0.25, -0.2) is 0 Å². The van der Waals surface area contributed by atoms with Gasteiger partial charge in [-0.05, 0) is 0 Å². The lowest BCUT2D eigenvalue weighted by Crippen LogP contribution is -2.17. The maximum absolute atomic E-state index is 10.8. The van der Waals surface area contributed by atoms with E-state index in [4.69, 9.17) is 18.3 Å². The molecule has 0 aromatic carbocycles. The summed E-state index contributed by atoms with van der Waals surface area (Å²) in [6, 6.07) is 0. The second-order valence-electron chi connectivity index (χ2n) is 1.93. The van der Waals surface area contributed by atoms with Crippen molar-refractivity contribution in [3.8, 4) is 0 Å². The van der Waals surface area contributed by atoms with Crippen molar-refractivity contribution >= 4 is 9.17 Å². The van der Waals surface area contributed by atoms with Crippen LogP contribution < -0.4 is 0 Å². The van der Waals surface area contributed by atoms with E-state index in [0.29, 0.717) is 26.4 Å². The topological polar surface area (TPSA) is 54.0 Å². The Bertz CT molecular complexity index is 107. The van der Waals surface area contributed by atoms with E-state index in [-0.39, 0.29) is 0 Å². The standard InChI is InChI=1S/C6H14O5Si/c1-8-3-5-10-12(7)11-6-4-9-2/h3-6H2,1-2H3. The third-order valence-corrected chi connectivity index (χ3v) is 1.89. The van der Waals surface area contributed by atoms with Crippen molar-refractivity contribution in [2.24, 2.45) is 0 Å². The minimum atomic E-state index is -2.34. The summed E-state index contributed by atoms with van der Waals surface area (Å²) in [6.07, 6.45) is 0. The molecule has 0 aliphatic rings.